The lowest BCUT2D eigenvalue weighted by Crippen LogP contribution is -2.32. The molecule has 0 saturated carbocycles. The smallest absolute Gasteiger partial charge is 0.254 e. The molecule has 2 heterocycles. The van der Waals surface area contributed by atoms with Crippen LogP contribution in [0, 0.1) is 0 Å². The van der Waals surface area contributed by atoms with Crippen molar-refractivity contribution in [2.45, 2.75) is 19.8 Å². The molecule has 0 bridgehead atoms. The molecule has 30 heavy (non-hydrogen) atoms. The molecule has 8 nitrogen and oxygen atoms in total. The molecule has 0 radical (unpaired) electrons. The molecular formula is C22H22N6O2. The summed E-state index contributed by atoms with van der Waals surface area (Å²) in [6.45, 7) is 2.65. The summed E-state index contributed by atoms with van der Waals surface area (Å²) in [5.41, 5.74) is 9.94. The molecule has 0 fully saturated rings. The second-order valence-corrected chi connectivity index (χ2v) is 6.96. The fraction of sp³-hybridized carbons (Fsp3) is 0.182. The van der Waals surface area contributed by atoms with E-state index in [2.05, 4.69) is 32.8 Å². The molecule has 0 aliphatic carbocycles. The number of nitrogens with two attached hydrogens (primary N) is 1. The van der Waals surface area contributed by atoms with Gasteiger partial charge in [0.05, 0.1) is 0 Å². The molecule has 5 N–H and O–H groups in total. The highest BCUT2D eigenvalue weighted by Gasteiger charge is 2.21. The van der Waals surface area contributed by atoms with E-state index in [0.717, 1.165) is 17.7 Å². The number of benzene rings is 2. The summed E-state index contributed by atoms with van der Waals surface area (Å²) in [6, 6.07) is 13.4. The predicted molar refractivity (Wildman–Crippen MR) is 115 cm³/mol. The molecule has 2 amide bonds. The molecule has 4 rings (SSSR count). The first-order valence-electron chi connectivity index (χ1n) is 9.75. The van der Waals surface area contributed by atoms with Crippen LogP contribution in [0.5, 0.6) is 0 Å². The van der Waals surface area contributed by atoms with Crippen molar-refractivity contribution >= 4 is 35.0 Å². The van der Waals surface area contributed by atoms with E-state index >= 15 is 0 Å². The Kier molecular flexibility index (Phi) is 5.30. The van der Waals surface area contributed by atoms with E-state index in [-0.39, 0.29) is 17.3 Å². The number of amides is 2. The lowest BCUT2D eigenvalue weighted by Gasteiger charge is -2.20. The molecule has 0 saturated heterocycles. The number of aryl methyl sites for hydroxylation is 1. The van der Waals surface area contributed by atoms with E-state index in [9.17, 15) is 9.59 Å². The van der Waals surface area contributed by atoms with Gasteiger partial charge in [0.2, 0.25) is 5.95 Å². The van der Waals surface area contributed by atoms with Gasteiger partial charge in [0.25, 0.3) is 11.8 Å². The number of primary amides is 1. The van der Waals surface area contributed by atoms with Gasteiger partial charge in [-0.2, -0.15) is 4.98 Å². The van der Waals surface area contributed by atoms with Gasteiger partial charge in [-0.1, -0.05) is 25.1 Å². The number of fused-ring (bicyclic) bond motifs is 1. The van der Waals surface area contributed by atoms with E-state index in [1.54, 1.807) is 12.1 Å². The molecule has 1 aliphatic heterocycles. The SMILES string of the molecule is CCc1ccc(Nc2ncc(C(N)=O)c(Nc3cccc4c3CCNC4=O)n2)cc1. The second kappa shape index (κ2) is 8.20. The van der Waals surface area contributed by atoms with Gasteiger partial charge in [-0.15, -0.1) is 0 Å². The van der Waals surface area contributed by atoms with E-state index in [0.29, 0.717) is 30.2 Å². The lowest BCUT2D eigenvalue weighted by molar-refractivity contribution is 0.0944. The van der Waals surface area contributed by atoms with E-state index in [4.69, 9.17) is 5.73 Å². The van der Waals surface area contributed by atoms with Gasteiger partial charge in [0, 0.05) is 29.7 Å². The molecule has 0 spiro atoms. The van der Waals surface area contributed by atoms with Crippen molar-refractivity contribution in [2.24, 2.45) is 5.73 Å². The predicted octanol–water partition coefficient (Wildman–Crippen LogP) is 2.91. The minimum atomic E-state index is -0.640. The highest BCUT2D eigenvalue weighted by Crippen LogP contribution is 2.28. The largest absolute Gasteiger partial charge is 0.365 e. The summed E-state index contributed by atoms with van der Waals surface area (Å²) in [5, 5.41) is 9.14. The third-order valence-corrected chi connectivity index (χ3v) is 5.01. The molecule has 0 atom stereocenters. The number of carbonyl (C=O) groups is 2. The minimum Gasteiger partial charge on any atom is -0.365 e. The summed E-state index contributed by atoms with van der Waals surface area (Å²) in [4.78, 5) is 32.7. The number of rotatable bonds is 6. The van der Waals surface area contributed by atoms with Crippen molar-refractivity contribution in [1.82, 2.24) is 15.3 Å². The van der Waals surface area contributed by atoms with Gasteiger partial charge in [-0.25, -0.2) is 4.98 Å². The Labute approximate surface area is 173 Å². The molecule has 0 unspecified atom stereocenters. The van der Waals surface area contributed by atoms with Crippen LogP contribution < -0.4 is 21.7 Å². The molecule has 1 aliphatic rings. The van der Waals surface area contributed by atoms with Crippen molar-refractivity contribution in [1.29, 1.82) is 0 Å². The first kappa shape index (κ1) is 19.4. The van der Waals surface area contributed by atoms with Gasteiger partial charge in [0.1, 0.15) is 11.4 Å². The van der Waals surface area contributed by atoms with Gasteiger partial charge in [0.15, 0.2) is 0 Å². The number of hydrogen-bond donors (Lipinski definition) is 4. The van der Waals surface area contributed by atoms with Crippen LogP contribution in [0.2, 0.25) is 0 Å². The van der Waals surface area contributed by atoms with Gasteiger partial charge >= 0.3 is 0 Å². The minimum absolute atomic E-state index is 0.115. The second-order valence-electron chi connectivity index (χ2n) is 6.96. The molecule has 2 aromatic carbocycles. The Morgan fingerprint density at radius 3 is 2.70 bits per heavy atom. The highest BCUT2D eigenvalue weighted by atomic mass is 16.2. The van der Waals surface area contributed by atoms with Crippen LogP contribution in [0.4, 0.5) is 23.1 Å². The summed E-state index contributed by atoms with van der Waals surface area (Å²) in [6.07, 6.45) is 3.02. The number of nitrogens with one attached hydrogen (secondary N) is 3. The van der Waals surface area contributed by atoms with Crippen molar-refractivity contribution in [2.75, 3.05) is 17.2 Å². The average Bonchev–Trinajstić information content (AvgIpc) is 2.75. The Balaban J connectivity index is 1.66. The number of hydrogen-bond acceptors (Lipinski definition) is 6. The summed E-state index contributed by atoms with van der Waals surface area (Å²) in [5.74, 6) is -0.145. The average molecular weight is 402 g/mol. The third-order valence-electron chi connectivity index (χ3n) is 5.01. The van der Waals surface area contributed by atoms with E-state index in [1.165, 1.54) is 11.8 Å². The lowest BCUT2D eigenvalue weighted by atomic mass is 9.98. The summed E-state index contributed by atoms with van der Waals surface area (Å²) >= 11 is 0. The van der Waals surface area contributed by atoms with Crippen molar-refractivity contribution in [3.05, 3.63) is 70.9 Å². The summed E-state index contributed by atoms with van der Waals surface area (Å²) in [7, 11) is 0. The Bertz CT molecular complexity index is 1110. The van der Waals surface area contributed by atoms with Crippen LogP contribution >= 0.6 is 0 Å². The maximum atomic E-state index is 12.1. The first-order valence-corrected chi connectivity index (χ1v) is 9.75. The number of carbonyl (C=O) groups excluding carboxylic acids is 2. The van der Waals surface area contributed by atoms with Crippen LogP contribution in [0.25, 0.3) is 0 Å². The maximum absolute atomic E-state index is 12.1. The molecule has 8 heteroatoms. The topological polar surface area (TPSA) is 122 Å². The molecule has 3 aromatic rings. The Morgan fingerprint density at radius 2 is 1.97 bits per heavy atom. The van der Waals surface area contributed by atoms with Crippen molar-refractivity contribution in [3.63, 3.8) is 0 Å². The number of nitrogens with zero attached hydrogens (tertiary/aromatic N) is 2. The first-order chi connectivity index (χ1) is 14.5. The molecule has 1 aromatic heterocycles. The number of aromatic nitrogens is 2. The van der Waals surface area contributed by atoms with E-state index < -0.39 is 5.91 Å². The zero-order chi connectivity index (χ0) is 21.1. The zero-order valence-corrected chi connectivity index (χ0v) is 16.5. The quantitative estimate of drug-likeness (QED) is 0.503. The van der Waals surface area contributed by atoms with Crippen LogP contribution in [-0.4, -0.2) is 28.3 Å². The van der Waals surface area contributed by atoms with Crippen LogP contribution in [-0.2, 0) is 12.8 Å². The fourth-order valence-electron chi connectivity index (χ4n) is 3.38. The van der Waals surface area contributed by atoms with Gasteiger partial charge in [-0.3, -0.25) is 9.59 Å². The Hall–Kier alpha value is -3.94. The Morgan fingerprint density at radius 1 is 1.17 bits per heavy atom. The summed E-state index contributed by atoms with van der Waals surface area (Å²) < 4.78 is 0. The van der Waals surface area contributed by atoms with Crippen molar-refractivity contribution in [3.8, 4) is 0 Å². The fourth-order valence-corrected chi connectivity index (χ4v) is 3.38. The van der Waals surface area contributed by atoms with Crippen LogP contribution in [0.15, 0.2) is 48.7 Å². The van der Waals surface area contributed by atoms with Gasteiger partial charge in [-0.05, 0) is 48.2 Å². The molecular weight excluding hydrogens is 380 g/mol. The standard InChI is InChI=1S/C22H22N6O2/c1-2-13-6-8-14(9-7-13)26-22-25-12-17(19(23)29)20(28-22)27-18-5-3-4-16-15(18)10-11-24-21(16)30/h3-9,12H,2,10-11H2,1H3,(H2,23,29)(H,24,30)(H2,25,26,27,28). The van der Waals surface area contributed by atoms with Gasteiger partial charge < -0.3 is 21.7 Å². The number of anilines is 4. The van der Waals surface area contributed by atoms with Crippen LogP contribution in [0.1, 0.15) is 38.8 Å². The molecule has 152 valence electrons. The zero-order valence-electron chi connectivity index (χ0n) is 16.5. The van der Waals surface area contributed by atoms with E-state index in [1.807, 2.05) is 30.3 Å². The van der Waals surface area contributed by atoms with Crippen molar-refractivity contribution < 1.29 is 9.59 Å². The highest BCUT2D eigenvalue weighted by molar-refractivity contribution is 6.00. The monoisotopic (exact) mass is 402 g/mol. The third kappa shape index (κ3) is 3.93. The van der Waals surface area contributed by atoms with Crippen LogP contribution in [0.3, 0.4) is 0 Å². The maximum Gasteiger partial charge on any atom is 0.254 e. The normalized spacial score (nSPS) is 12.6.